The zero-order valence-electron chi connectivity index (χ0n) is 13.5. The van der Waals surface area contributed by atoms with Crippen LogP contribution in [0.1, 0.15) is 53.2 Å². The Bertz CT molecular complexity index is 856. The van der Waals surface area contributed by atoms with Crippen LogP contribution in [0.15, 0.2) is 60.0 Å². The van der Waals surface area contributed by atoms with E-state index < -0.39 is 5.60 Å². The third kappa shape index (κ3) is 1.84. The summed E-state index contributed by atoms with van der Waals surface area (Å²) in [5.41, 5.74) is 4.77. The third-order valence-electron chi connectivity index (χ3n) is 5.74. The molecule has 2 aromatic carbocycles. The molecule has 0 spiro atoms. The Morgan fingerprint density at radius 1 is 0.833 bits per heavy atom. The van der Waals surface area contributed by atoms with E-state index in [1.807, 2.05) is 12.1 Å². The standard InChI is InChI=1S/C22H20OS/c23-22(21-16(13-14-24-21)15-7-1-2-8-15)19-11-5-3-9-17(19)18-10-4-6-12-20(18)22/h3-6,9-15,23H,1-2,7-8H2. The van der Waals surface area contributed by atoms with Crippen molar-refractivity contribution in [1.29, 1.82) is 0 Å². The SMILES string of the molecule is OC1(c2sccc2C2CCCC2)c2ccccc2-c2ccccc21. The van der Waals surface area contributed by atoms with E-state index >= 15 is 0 Å². The molecule has 1 fully saturated rings. The summed E-state index contributed by atoms with van der Waals surface area (Å²) in [6.07, 6.45) is 5.13. The van der Waals surface area contributed by atoms with Gasteiger partial charge in [-0.3, -0.25) is 0 Å². The first kappa shape index (κ1) is 14.4. The number of aliphatic hydroxyl groups is 1. The lowest BCUT2D eigenvalue weighted by molar-refractivity contribution is 0.133. The number of benzene rings is 2. The molecule has 1 heterocycles. The largest absolute Gasteiger partial charge is 0.375 e. The number of fused-ring (bicyclic) bond motifs is 3. The average molecular weight is 332 g/mol. The zero-order chi connectivity index (χ0) is 16.1. The van der Waals surface area contributed by atoms with Crippen LogP contribution in [-0.2, 0) is 5.60 Å². The average Bonchev–Trinajstić information content (AvgIpc) is 3.35. The second-order valence-electron chi connectivity index (χ2n) is 6.99. The lowest BCUT2D eigenvalue weighted by Crippen LogP contribution is -2.26. The van der Waals surface area contributed by atoms with Gasteiger partial charge in [-0.1, -0.05) is 61.4 Å². The van der Waals surface area contributed by atoms with Crippen molar-refractivity contribution in [1.82, 2.24) is 0 Å². The second kappa shape index (κ2) is 5.30. The van der Waals surface area contributed by atoms with Gasteiger partial charge in [0.15, 0.2) is 5.60 Å². The van der Waals surface area contributed by atoms with E-state index in [4.69, 9.17) is 0 Å². The quantitative estimate of drug-likeness (QED) is 0.641. The highest BCUT2D eigenvalue weighted by Crippen LogP contribution is 2.54. The molecule has 0 bridgehead atoms. The molecular formula is C22H20OS. The Morgan fingerprint density at radius 2 is 1.42 bits per heavy atom. The minimum Gasteiger partial charge on any atom is -0.375 e. The van der Waals surface area contributed by atoms with Crippen LogP contribution < -0.4 is 0 Å². The molecule has 1 saturated carbocycles. The van der Waals surface area contributed by atoms with Crippen LogP contribution in [-0.4, -0.2) is 5.11 Å². The molecule has 2 heteroatoms. The number of rotatable bonds is 2. The maximum Gasteiger partial charge on any atom is 0.151 e. The Morgan fingerprint density at radius 3 is 2.04 bits per heavy atom. The molecule has 120 valence electrons. The Labute approximate surface area is 146 Å². The molecular weight excluding hydrogens is 312 g/mol. The predicted molar refractivity (Wildman–Crippen MR) is 99.5 cm³/mol. The van der Waals surface area contributed by atoms with Gasteiger partial charge >= 0.3 is 0 Å². The highest BCUT2D eigenvalue weighted by molar-refractivity contribution is 7.10. The Kier molecular flexibility index (Phi) is 3.19. The van der Waals surface area contributed by atoms with Crippen molar-refractivity contribution >= 4 is 11.3 Å². The number of hydrogen-bond donors (Lipinski definition) is 1. The lowest BCUT2D eigenvalue weighted by Gasteiger charge is -2.27. The topological polar surface area (TPSA) is 20.2 Å². The van der Waals surface area contributed by atoms with Gasteiger partial charge in [0, 0.05) is 16.0 Å². The van der Waals surface area contributed by atoms with Gasteiger partial charge in [-0.15, -0.1) is 11.3 Å². The molecule has 0 radical (unpaired) electrons. The van der Waals surface area contributed by atoms with Crippen LogP contribution >= 0.6 is 11.3 Å². The first-order valence-corrected chi connectivity index (χ1v) is 9.67. The molecule has 0 aliphatic heterocycles. The van der Waals surface area contributed by atoms with E-state index in [2.05, 4.69) is 47.8 Å². The van der Waals surface area contributed by atoms with E-state index in [0.29, 0.717) is 5.92 Å². The highest BCUT2D eigenvalue weighted by Gasteiger charge is 2.45. The Hall–Kier alpha value is -1.90. The molecule has 2 aliphatic rings. The third-order valence-corrected chi connectivity index (χ3v) is 6.78. The molecule has 0 unspecified atom stereocenters. The van der Waals surface area contributed by atoms with Crippen molar-refractivity contribution in [2.45, 2.75) is 37.2 Å². The summed E-state index contributed by atoms with van der Waals surface area (Å²) in [5, 5.41) is 14.2. The van der Waals surface area contributed by atoms with Gasteiger partial charge in [-0.2, -0.15) is 0 Å². The van der Waals surface area contributed by atoms with Crippen LogP contribution in [0.4, 0.5) is 0 Å². The monoisotopic (exact) mass is 332 g/mol. The van der Waals surface area contributed by atoms with Crippen molar-refractivity contribution in [3.8, 4) is 11.1 Å². The smallest absolute Gasteiger partial charge is 0.151 e. The summed E-state index contributed by atoms with van der Waals surface area (Å²) in [7, 11) is 0. The van der Waals surface area contributed by atoms with Gasteiger partial charge in [0.05, 0.1) is 0 Å². The molecule has 0 saturated heterocycles. The van der Waals surface area contributed by atoms with Crippen molar-refractivity contribution in [2.24, 2.45) is 0 Å². The van der Waals surface area contributed by atoms with Crippen LogP contribution in [0.25, 0.3) is 11.1 Å². The van der Waals surface area contributed by atoms with Gasteiger partial charge in [-0.05, 0) is 46.9 Å². The van der Waals surface area contributed by atoms with Gasteiger partial charge in [-0.25, -0.2) is 0 Å². The lowest BCUT2D eigenvalue weighted by atomic mass is 9.84. The number of thiophene rings is 1. The summed E-state index contributed by atoms with van der Waals surface area (Å²) in [6.45, 7) is 0. The summed E-state index contributed by atoms with van der Waals surface area (Å²) >= 11 is 1.71. The van der Waals surface area contributed by atoms with Gasteiger partial charge < -0.3 is 5.11 Å². The van der Waals surface area contributed by atoms with Crippen LogP contribution in [0.5, 0.6) is 0 Å². The van der Waals surface area contributed by atoms with Gasteiger partial charge in [0.2, 0.25) is 0 Å². The summed E-state index contributed by atoms with van der Waals surface area (Å²) in [6, 6.07) is 18.9. The minimum absolute atomic E-state index is 0.607. The molecule has 3 aromatic rings. The molecule has 2 aliphatic carbocycles. The van der Waals surface area contributed by atoms with Crippen molar-refractivity contribution in [3.63, 3.8) is 0 Å². The van der Waals surface area contributed by atoms with E-state index in [0.717, 1.165) is 16.0 Å². The first-order valence-electron chi connectivity index (χ1n) is 8.80. The minimum atomic E-state index is -1.00. The van der Waals surface area contributed by atoms with Crippen molar-refractivity contribution in [2.75, 3.05) is 0 Å². The van der Waals surface area contributed by atoms with Crippen LogP contribution in [0, 0.1) is 0 Å². The molecule has 1 N–H and O–H groups in total. The summed E-state index contributed by atoms with van der Waals surface area (Å²) in [5.74, 6) is 0.607. The first-order chi connectivity index (χ1) is 11.8. The van der Waals surface area contributed by atoms with E-state index in [1.54, 1.807) is 11.3 Å². The molecule has 1 nitrogen and oxygen atoms in total. The molecule has 0 atom stereocenters. The second-order valence-corrected chi connectivity index (χ2v) is 7.90. The van der Waals surface area contributed by atoms with E-state index in [1.165, 1.54) is 42.4 Å². The molecule has 1 aromatic heterocycles. The normalized spacial score (nSPS) is 18.5. The highest BCUT2D eigenvalue weighted by atomic mass is 32.1. The van der Waals surface area contributed by atoms with Crippen LogP contribution in [0.3, 0.4) is 0 Å². The maximum atomic E-state index is 12.0. The van der Waals surface area contributed by atoms with Crippen molar-refractivity contribution < 1.29 is 5.11 Å². The van der Waals surface area contributed by atoms with E-state index in [9.17, 15) is 5.11 Å². The van der Waals surface area contributed by atoms with Gasteiger partial charge in [0.25, 0.3) is 0 Å². The van der Waals surface area contributed by atoms with Crippen molar-refractivity contribution in [3.05, 3.63) is 81.5 Å². The van der Waals surface area contributed by atoms with Crippen LogP contribution in [0.2, 0.25) is 0 Å². The molecule has 24 heavy (non-hydrogen) atoms. The van der Waals surface area contributed by atoms with E-state index in [-0.39, 0.29) is 0 Å². The fourth-order valence-corrected chi connectivity index (χ4v) is 5.74. The Balaban J connectivity index is 1.77. The maximum absolute atomic E-state index is 12.0. The summed E-state index contributed by atoms with van der Waals surface area (Å²) < 4.78 is 0. The molecule has 5 rings (SSSR count). The summed E-state index contributed by atoms with van der Waals surface area (Å²) in [4.78, 5) is 1.13. The fraction of sp³-hybridized carbons (Fsp3) is 0.273. The zero-order valence-corrected chi connectivity index (χ0v) is 14.4. The number of hydrogen-bond acceptors (Lipinski definition) is 2. The van der Waals surface area contributed by atoms with Gasteiger partial charge in [0.1, 0.15) is 0 Å². The molecule has 0 amide bonds. The predicted octanol–water partition coefficient (Wildman–Crippen LogP) is 5.67. The fourth-order valence-electron chi connectivity index (χ4n) is 4.63.